The molecule has 0 aliphatic rings. The van der Waals surface area contributed by atoms with Gasteiger partial charge in [-0.05, 0) is 37.5 Å². The standard InChI is InChI=1S/C16H24N2O2S/c1-4-16(5-2,14(17)21)15(19)18-9-10-20-13-8-6-7-12(3)11-13/h6-8,11H,4-5,9-10H2,1-3H3,(H2,17,21)(H,18,19). The van der Waals surface area contributed by atoms with Crippen LogP contribution in [0.4, 0.5) is 0 Å². The summed E-state index contributed by atoms with van der Waals surface area (Å²) in [5, 5.41) is 2.86. The molecule has 0 heterocycles. The summed E-state index contributed by atoms with van der Waals surface area (Å²) in [5.74, 6) is 0.684. The summed E-state index contributed by atoms with van der Waals surface area (Å²) in [7, 11) is 0. The monoisotopic (exact) mass is 308 g/mol. The molecule has 0 atom stereocenters. The number of amides is 1. The second-order valence-electron chi connectivity index (χ2n) is 5.07. The number of benzene rings is 1. The van der Waals surface area contributed by atoms with Crippen molar-refractivity contribution < 1.29 is 9.53 Å². The normalized spacial score (nSPS) is 11.0. The van der Waals surface area contributed by atoms with E-state index in [-0.39, 0.29) is 10.9 Å². The van der Waals surface area contributed by atoms with Crippen LogP contribution in [0.25, 0.3) is 0 Å². The minimum absolute atomic E-state index is 0.118. The lowest BCUT2D eigenvalue weighted by Crippen LogP contribution is -2.49. The molecule has 1 rings (SSSR count). The fourth-order valence-corrected chi connectivity index (χ4v) is 2.62. The highest BCUT2D eigenvalue weighted by molar-refractivity contribution is 7.80. The number of carbonyl (C=O) groups excluding carboxylic acids is 1. The summed E-state index contributed by atoms with van der Waals surface area (Å²) in [6.07, 6.45) is 1.20. The van der Waals surface area contributed by atoms with Gasteiger partial charge >= 0.3 is 0 Å². The van der Waals surface area contributed by atoms with Crippen LogP contribution in [-0.2, 0) is 4.79 Å². The summed E-state index contributed by atoms with van der Waals surface area (Å²) in [6, 6.07) is 7.80. The Morgan fingerprint density at radius 1 is 1.38 bits per heavy atom. The third-order valence-electron chi connectivity index (χ3n) is 3.76. The molecule has 1 aromatic rings. The molecule has 1 amide bonds. The topological polar surface area (TPSA) is 64.3 Å². The molecule has 0 spiro atoms. The predicted molar refractivity (Wildman–Crippen MR) is 89.5 cm³/mol. The van der Waals surface area contributed by atoms with Crippen molar-refractivity contribution in [1.82, 2.24) is 5.32 Å². The third kappa shape index (κ3) is 4.43. The second kappa shape index (κ2) is 7.98. The molecule has 0 saturated carbocycles. The van der Waals surface area contributed by atoms with Crippen LogP contribution >= 0.6 is 12.2 Å². The van der Waals surface area contributed by atoms with Crippen LogP contribution in [0.1, 0.15) is 32.3 Å². The molecule has 116 valence electrons. The van der Waals surface area contributed by atoms with Gasteiger partial charge in [0.05, 0.1) is 16.9 Å². The van der Waals surface area contributed by atoms with E-state index >= 15 is 0 Å². The molecule has 0 fully saturated rings. The van der Waals surface area contributed by atoms with Crippen LogP contribution in [0, 0.1) is 12.3 Å². The number of carbonyl (C=O) groups is 1. The van der Waals surface area contributed by atoms with Crippen molar-refractivity contribution >= 4 is 23.1 Å². The molecule has 0 aromatic heterocycles. The Bertz CT molecular complexity index is 499. The average Bonchev–Trinajstić information content (AvgIpc) is 2.45. The number of nitrogens with two attached hydrogens (primary N) is 1. The minimum atomic E-state index is -0.751. The van der Waals surface area contributed by atoms with Gasteiger partial charge in [0.1, 0.15) is 12.4 Å². The molecule has 4 nitrogen and oxygen atoms in total. The van der Waals surface area contributed by atoms with Crippen molar-refractivity contribution in [3.05, 3.63) is 29.8 Å². The number of rotatable bonds is 8. The predicted octanol–water partition coefficient (Wildman–Crippen LogP) is 2.58. The molecule has 21 heavy (non-hydrogen) atoms. The Morgan fingerprint density at radius 3 is 2.57 bits per heavy atom. The molecule has 1 aromatic carbocycles. The number of nitrogens with one attached hydrogen (secondary N) is 1. The Hall–Kier alpha value is -1.62. The van der Waals surface area contributed by atoms with Crippen molar-refractivity contribution in [2.45, 2.75) is 33.6 Å². The van der Waals surface area contributed by atoms with Gasteiger partial charge in [0.15, 0.2) is 0 Å². The van der Waals surface area contributed by atoms with E-state index in [1.54, 1.807) is 0 Å². The first-order valence-electron chi connectivity index (χ1n) is 7.24. The minimum Gasteiger partial charge on any atom is -0.492 e. The highest BCUT2D eigenvalue weighted by Gasteiger charge is 2.37. The number of ether oxygens (including phenoxy) is 1. The first-order valence-corrected chi connectivity index (χ1v) is 7.64. The average molecular weight is 308 g/mol. The fraction of sp³-hybridized carbons (Fsp3) is 0.500. The van der Waals surface area contributed by atoms with E-state index in [0.717, 1.165) is 11.3 Å². The molecule has 0 aliphatic heterocycles. The van der Waals surface area contributed by atoms with E-state index in [1.807, 2.05) is 45.0 Å². The van der Waals surface area contributed by atoms with Crippen LogP contribution in [0.2, 0.25) is 0 Å². The number of hydrogen-bond acceptors (Lipinski definition) is 3. The van der Waals surface area contributed by atoms with E-state index in [2.05, 4.69) is 5.32 Å². The maximum absolute atomic E-state index is 12.3. The van der Waals surface area contributed by atoms with Gasteiger partial charge in [-0.1, -0.05) is 38.2 Å². The molecular formula is C16H24N2O2S. The molecular weight excluding hydrogens is 284 g/mol. The van der Waals surface area contributed by atoms with Crippen molar-refractivity contribution in [3.8, 4) is 5.75 Å². The van der Waals surface area contributed by atoms with Gasteiger partial charge in [-0.15, -0.1) is 0 Å². The maximum atomic E-state index is 12.3. The van der Waals surface area contributed by atoms with E-state index in [1.165, 1.54) is 0 Å². The van der Waals surface area contributed by atoms with Gasteiger partial charge in [-0.2, -0.15) is 0 Å². The lowest BCUT2D eigenvalue weighted by molar-refractivity contribution is -0.127. The van der Waals surface area contributed by atoms with Crippen LogP contribution in [0.15, 0.2) is 24.3 Å². The van der Waals surface area contributed by atoms with E-state index in [0.29, 0.717) is 26.0 Å². The Labute approximate surface area is 132 Å². The number of thiocarbonyl (C=S) groups is 1. The molecule has 3 N–H and O–H groups in total. The Balaban J connectivity index is 2.48. The smallest absolute Gasteiger partial charge is 0.233 e. The van der Waals surface area contributed by atoms with Crippen LogP contribution in [0.3, 0.4) is 0 Å². The summed E-state index contributed by atoms with van der Waals surface area (Å²) in [5.41, 5.74) is 6.13. The summed E-state index contributed by atoms with van der Waals surface area (Å²) in [6.45, 7) is 6.69. The lowest BCUT2D eigenvalue weighted by Gasteiger charge is -2.28. The zero-order valence-corrected chi connectivity index (χ0v) is 13.8. The molecule has 0 unspecified atom stereocenters. The van der Waals surface area contributed by atoms with E-state index < -0.39 is 5.41 Å². The summed E-state index contributed by atoms with van der Waals surface area (Å²) in [4.78, 5) is 12.6. The van der Waals surface area contributed by atoms with E-state index in [4.69, 9.17) is 22.7 Å². The number of hydrogen-bond donors (Lipinski definition) is 2. The molecule has 0 radical (unpaired) electrons. The maximum Gasteiger partial charge on any atom is 0.233 e. The second-order valence-corrected chi connectivity index (χ2v) is 5.51. The quantitative estimate of drug-likeness (QED) is 0.572. The number of aryl methyl sites for hydroxylation is 1. The largest absolute Gasteiger partial charge is 0.492 e. The molecule has 0 saturated heterocycles. The summed E-state index contributed by atoms with van der Waals surface area (Å²) < 4.78 is 5.60. The van der Waals surface area contributed by atoms with Crippen LogP contribution in [-0.4, -0.2) is 24.0 Å². The molecule has 0 aliphatic carbocycles. The zero-order valence-electron chi connectivity index (χ0n) is 12.9. The Kier molecular flexibility index (Phi) is 6.62. The SMILES string of the molecule is CCC(CC)(C(=O)NCCOc1cccc(C)c1)C(N)=S. The Morgan fingerprint density at radius 2 is 2.05 bits per heavy atom. The third-order valence-corrected chi connectivity index (χ3v) is 4.15. The van der Waals surface area contributed by atoms with Crippen molar-refractivity contribution in [3.63, 3.8) is 0 Å². The zero-order chi connectivity index (χ0) is 15.9. The van der Waals surface area contributed by atoms with Crippen molar-refractivity contribution in [2.75, 3.05) is 13.2 Å². The fourth-order valence-electron chi connectivity index (χ4n) is 2.24. The highest BCUT2D eigenvalue weighted by atomic mass is 32.1. The molecule has 5 heteroatoms. The van der Waals surface area contributed by atoms with Crippen LogP contribution < -0.4 is 15.8 Å². The highest BCUT2D eigenvalue weighted by Crippen LogP contribution is 2.27. The van der Waals surface area contributed by atoms with Crippen LogP contribution in [0.5, 0.6) is 5.75 Å². The first-order chi connectivity index (χ1) is 9.96. The molecule has 0 bridgehead atoms. The van der Waals surface area contributed by atoms with Gasteiger partial charge in [-0.25, -0.2) is 0 Å². The van der Waals surface area contributed by atoms with Crippen molar-refractivity contribution in [2.24, 2.45) is 11.1 Å². The van der Waals surface area contributed by atoms with Gasteiger partial charge < -0.3 is 15.8 Å². The first kappa shape index (κ1) is 17.4. The lowest BCUT2D eigenvalue weighted by atomic mass is 9.81. The van der Waals surface area contributed by atoms with Gasteiger partial charge in [0, 0.05) is 0 Å². The van der Waals surface area contributed by atoms with E-state index in [9.17, 15) is 4.79 Å². The van der Waals surface area contributed by atoms with Gasteiger partial charge in [0.25, 0.3) is 0 Å². The summed E-state index contributed by atoms with van der Waals surface area (Å²) >= 11 is 5.06. The van der Waals surface area contributed by atoms with Crippen molar-refractivity contribution in [1.29, 1.82) is 0 Å². The van der Waals surface area contributed by atoms with Gasteiger partial charge in [-0.3, -0.25) is 4.79 Å². The van der Waals surface area contributed by atoms with Gasteiger partial charge in [0.2, 0.25) is 5.91 Å².